The second kappa shape index (κ2) is 4.78. The van der Waals surface area contributed by atoms with E-state index in [1.54, 1.807) is 12.1 Å². The summed E-state index contributed by atoms with van der Waals surface area (Å²) >= 11 is 2.13. The molecule has 0 aliphatic rings. The topological polar surface area (TPSA) is 86.2 Å². The molecule has 3 rings (SSSR count). The van der Waals surface area contributed by atoms with Crippen molar-refractivity contribution in [3.63, 3.8) is 0 Å². The van der Waals surface area contributed by atoms with Gasteiger partial charge in [0.15, 0.2) is 0 Å². The maximum Gasteiger partial charge on any atom is 0.259 e. The van der Waals surface area contributed by atoms with Crippen LogP contribution in [0.15, 0.2) is 41.2 Å². The lowest BCUT2D eigenvalue weighted by molar-refractivity contribution is 0.451. The van der Waals surface area contributed by atoms with Gasteiger partial charge in [0.25, 0.3) is 5.56 Å². The molecule has 5 nitrogen and oxygen atoms in total. The van der Waals surface area contributed by atoms with Gasteiger partial charge in [-0.15, -0.1) is 0 Å². The highest BCUT2D eigenvalue weighted by molar-refractivity contribution is 14.1. The highest BCUT2D eigenvalue weighted by Gasteiger charge is 2.10. The van der Waals surface area contributed by atoms with Gasteiger partial charge in [-0.2, -0.15) is 0 Å². The lowest BCUT2D eigenvalue weighted by Crippen LogP contribution is -2.09. The Kier molecular flexibility index (Phi) is 3.09. The van der Waals surface area contributed by atoms with Gasteiger partial charge in [0.2, 0.25) is 0 Å². The first kappa shape index (κ1) is 12.9. The molecule has 0 amide bonds. The molecule has 3 aromatic rings. The molecule has 0 unspecified atom stereocenters. The summed E-state index contributed by atoms with van der Waals surface area (Å²) in [4.78, 5) is 19.1. The average molecular weight is 378 g/mol. The van der Waals surface area contributed by atoms with E-state index in [-0.39, 0.29) is 22.9 Å². The first-order chi connectivity index (χ1) is 9.54. The molecule has 0 saturated carbocycles. The van der Waals surface area contributed by atoms with Crippen molar-refractivity contribution in [2.45, 2.75) is 0 Å². The van der Waals surface area contributed by atoms with Crippen LogP contribution in [0.25, 0.3) is 22.3 Å². The SMILES string of the molecule is O=c1[nH]c(-c2ccc(O)cc2O)nc2ccc([125I])cc12. The molecule has 0 fully saturated rings. The van der Waals surface area contributed by atoms with Crippen LogP contribution >= 0.6 is 22.6 Å². The number of rotatable bonds is 1. The number of aromatic nitrogens is 2. The van der Waals surface area contributed by atoms with Gasteiger partial charge in [0.1, 0.15) is 17.3 Å². The Hall–Kier alpha value is -2.09. The Labute approximate surface area is 127 Å². The molecule has 0 spiro atoms. The van der Waals surface area contributed by atoms with E-state index in [1.165, 1.54) is 18.2 Å². The van der Waals surface area contributed by atoms with E-state index in [0.717, 1.165) is 3.57 Å². The van der Waals surface area contributed by atoms with Crippen LogP contribution in [0.4, 0.5) is 0 Å². The van der Waals surface area contributed by atoms with E-state index in [4.69, 9.17) is 0 Å². The monoisotopic (exact) mass is 378 g/mol. The number of aromatic amines is 1. The van der Waals surface area contributed by atoms with Gasteiger partial charge in [-0.05, 0) is 52.9 Å². The summed E-state index contributed by atoms with van der Waals surface area (Å²) in [7, 11) is 0. The van der Waals surface area contributed by atoms with Gasteiger partial charge in [0, 0.05) is 9.64 Å². The van der Waals surface area contributed by atoms with Crippen molar-refractivity contribution in [1.82, 2.24) is 9.97 Å². The largest absolute Gasteiger partial charge is 0.508 e. The van der Waals surface area contributed by atoms with Crippen LogP contribution in [0.2, 0.25) is 0 Å². The molecular weight excluding hydrogens is 369 g/mol. The highest BCUT2D eigenvalue weighted by atomic mass is 125. The molecule has 0 saturated heterocycles. The Morgan fingerprint density at radius 2 is 1.90 bits per heavy atom. The zero-order chi connectivity index (χ0) is 14.3. The molecule has 100 valence electrons. The normalized spacial score (nSPS) is 10.8. The number of hydrogen-bond donors (Lipinski definition) is 3. The molecular formula is C14H9IN2O3. The summed E-state index contributed by atoms with van der Waals surface area (Å²) in [6.07, 6.45) is 0. The Bertz CT molecular complexity index is 874. The predicted molar refractivity (Wildman–Crippen MR) is 83.8 cm³/mol. The molecule has 20 heavy (non-hydrogen) atoms. The summed E-state index contributed by atoms with van der Waals surface area (Å²) in [5, 5.41) is 19.6. The minimum atomic E-state index is -0.268. The maximum absolute atomic E-state index is 12.1. The van der Waals surface area contributed by atoms with Gasteiger partial charge in [0.05, 0.1) is 16.5 Å². The van der Waals surface area contributed by atoms with Crippen LogP contribution in [0.3, 0.4) is 0 Å². The number of nitrogens with zero attached hydrogens (tertiary/aromatic N) is 1. The number of nitrogens with one attached hydrogen (secondary N) is 1. The van der Waals surface area contributed by atoms with Crippen molar-refractivity contribution in [2.24, 2.45) is 0 Å². The fourth-order valence-corrected chi connectivity index (χ4v) is 2.45. The van der Waals surface area contributed by atoms with Crippen molar-refractivity contribution in [2.75, 3.05) is 0 Å². The fraction of sp³-hybridized carbons (Fsp3) is 0. The molecule has 0 aliphatic heterocycles. The van der Waals surface area contributed by atoms with Crippen molar-refractivity contribution in [3.8, 4) is 22.9 Å². The van der Waals surface area contributed by atoms with Gasteiger partial charge < -0.3 is 15.2 Å². The van der Waals surface area contributed by atoms with E-state index in [1.807, 2.05) is 6.07 Å². The number of hydrogen-bond acceptors (Lipinski definition) is 4. The van der Waals surface area contributed by atoms with E-state index in [2.05, 4.69) is 32.6 Å². The van der Waals surface area contributed by atoms with Crippen molar-refractivity contribution in [1.29, 1.82) is 0 Å². The number of benzene rings is 2. The van der Waals surface area contributed by atoms with Crippen LogP contribution in [0.1, 0.15) is 0 Å². The molecule has 6 heteroatoms. The molecule has 1 aromatic heterocycles. The van der Waals surface area contributed by atoms with Crippen LogP contribution < -0.4 is 5.56 Å². The molecule has 0 atom stereocenters. The molecule has 0 aliphatic carbocycles. The van der Waals surface area contributed by atoms with Gasteiger partial charge in [-0.25, -0.2) is 4.98 Å². The third-order valence-corrected chi connectivity index (χ3v) is 3.57. The predicted octanol–water partition coefficient (Wildman–Crippen LogP) is 2.61. The lowest BCUT2D eigenvalue weighted by Gasteiger charge is -2.06. The summed E-state index contributed by atoms with van der Waals surface area (Å²) in [5.74, 6) is 0.0724. The molecule has 3 N–H and O–H groups in total. The quantitative estimate of drug-likeness (QED) is 0.569. The number of halogens is 1. The maximum atomic E-state index is 12.1. The summed E-state index contributed by atoms with van der Waals surface area (Å²) in [6, 6.07) is 9.49. The smallest absolute Gasteiger partial charge is 0.259 e. The fourth-order valence-electron chi connectivity index (χ4n) is 1.96. The van der Waals surface area contributed by atoms with E-state index in [0.29, 0.717) is 16.5 Å². The number of phenolic OH excluding ortho intramolecular Hbond substituents is 2. The average Bonchev–Trinajstić information content (AvgIpc) is 2.39. The highest BCUT2D eigenvalue weighted by Crippen LogP contribution is 2.29. The summed E-state index contributed by atoms with van der Waals surface area (Å²) < 4.78 is 0.947. The zero-order valence-corrected chi connectivity index (χ0v) is 12.2. The minimum Gasteiger partial charge on any atom is -0.508 e. The second-order valence-corrected chi connectivity index (χ2v) is 5.52. The number of phenols is 2. The number of H-pyrrole nitrogens is 1. The van der Waals surface area contributed by atoms with E-state index < -0.39 is 0 Å². The zero-order valence-electron chi connectivity index (χ0n) is 10.1. The molecule has 0 radical (unpaired) electrons. The van der Waals surface area contributed by atoms with Gasteiger partial charge in [-0.3, -0.25) is 4.79 Å². The van der Waals surface area contributed by atoms with Gasteiger partial charge >= 0.3 is 0 Å². The third kappa shape index (κ3) is 2.22. The Balaban J connectivity index is 2.27. The van der Waals surface area contributed by atoms with Crippen molar-refractivity contribution < 1.29 is 10.2 Å². The van der Waals surface area contributed by atoms with E-state index in [9.17, 15) is 15.0 Å². The third-order valence-electron chi connectivity index (χ3n) is 2.90. The van der Waals surface area contributed by atoms with Crippen LogP contribution in [0.5, 0.6) is 11.5 Å². The van der Waals surface area contributed by atoms with Gasteiger partial charge in [-0.1, -0.05) is 0 Å². The summed E-state index contributed by atoms with van der Waals surface area (Å²) in [5.41, 5.74) is 0.646. The first-order valence-electron chi connectivity index (χ1n) is 5.76. The van der Waals surface area contributed by atoms with Crippen LogP contribution in [-0.4, -0.2) is 20.2 Å². The molecule has 0 bridgehead atoms. The Morgan fingerprint density at radius 3 is 2.65 bits per heavy atom. The van der Waals surface area contributed by atoms with Crippen molar-refractivity contribution in [3.05, 3.63) is 50.3 Å². The molecule has 1 heterocycles. The van der Waals surface area contributed by atoms with Crippen LogP contribution in [0, 0.1) is 3.57 Å². The second-order valence-electron chi connectivity index (χ2n) is 4.28. The minimum absolute atomic E-state index is 0.0519. The lowest BCUT2D eigenvalue weighted by atomic mass is 10.1. The summed E-state index contributed by atoms with van der Waals surface area (Å²) in [6.45, 7) is 0. The number of aromatic hydroxyl groups is 2. The first-order valence-corrected chi connectivity index (χ1v) is 6.84. The van der Waals surface area contributed by atoms with Crippen molar-refractivity contribution >= 4 is 33.5 Å². The molecule has 2 aromatic carbocycles. The number of fused-ring (bicyclic) bond motifs is 1. The Morgan fingerprint density at radius 1 is 1.10 bits per heavy atom. The van der Waals surface area contributed by atoms with Crippen LogP contribution in [-0.2, 0) is 0 Å². The standard InChI is InChI=1S/C14H9IN2O3/c15-7-1-4-11-10(5-7)14(20)17-13(16-11)9-3-2-8(18)6-12(9)19/h1-6,18-19H,(H,16,17,20)/i15-2. The van der Waals surface area contributed by atoms with E-state index >= 15 is 0 Å².